The monoisotopic (exact) mass is 294 g/mol. The Kier molecular flexibility index (Phi) is 3.98. The fraction of sp³-hybridized carbons (Fsp3) is 0.600. The van der Waals surface area contributed by atoms with E-state index in [9.17, 15) is 8.42 Å². The van der Waals surface area contributed by atoms with E-state index < -0.39 is 10.0 Å². The predicted octanol–water partition coefficient (Wildman–Crippen LogP) is 2.62. The number of anilines is 1. The molecule has 0 bridgehead atoms. The van der Waals surface area contributed by atoms with Crippen molar-refractivity contribution in [3.63, 3.8) is 0 Å². The molecule has 0 radical (unpaired) electrons. The average Bonchev–Trinajstić information content (AvgIpc) is 3.06. The molecular formula is C15H22N2O2S. The van der Waals surface area contributed by atoms with Gasteiger partial charge >= 0.3 is 0 Å². The van der Waals surface area contributed by atoms with Crippen LogP contribution in [0.25, 0.3) is 0 Å². The predicted molar refractivity (Wildman–Crippen MR) is 81.1 cm³/mol. The molecule has 0 atom stereocenters. The molecule has 0 aromatic heterocycles. The van der Waals surface area contributed by atoms with Gasteiger partial charge < -0.3 is 5.32 Å². The lowest BCUT2D eigenvalue weighted by atomic mass is 10.2. The summed E-state index contributed by atoms with van der Waals surface area (Å²) in [5.74, 6) is 0. The molecule has 1 aromatic rings. The summed E-state index contributed by atoms with van der Waals surface area (Å²) in [6, 6.07) is 8.36. The number of sulfonamides is 1. The summed E-state index contributed by atoms with van der Waals surface area (Å²) in [6.45, 7) is 0.809. The van der Waals surface area contributed by atoms with Crippen molar-refractivity contribution in [2.24, 2.45) is 0 Å². The highest BCUT2D eigenvalue weighted by Gasteiger charge is 2.28. The van der Waals surface area contributed by atoms with E-state index in [-0.39, 0.29) is 5.25 Å². The van der Waals surface area contributed by atoms with Crippen molar-refractivity contribution >= 4 is 15.7 Å². The lowest BCUT2D eigenvalue weighted by Gasteiger charge is -2.14. The van der Waals surface area contributed by atoms with E-state index in [0.717, 1.165) is 37.8 Å². The molecule has 20 heavy (non-hydrogen) atoms. The van der Waals surface area contributed by atoms with Crippen molar-refractivity contribution in [2.45, 2.75) is 56.4 Å². The maximum atomic E-state index is 12.3. The van der Waals surface area contributed by atoms with E-state index in [1.807, 2.05) is 24.3 Å². The first-order chi connectivity index (χ1) is 9.63. The zero-order valence-corrected chi connectivity index (χ0v) is 12.5. The zero-order valence-electron chi connectivity index (χ0n) is 11.6. The van der Waals surface area contributed by atoms with Crippen LogP contribution < -0.4 is 10.0 Å². The molecule has 2 fully saturated rings. The SMILES string of the molecule is O=S(=O)(Nc1cccc(CNC2CC2)c1)C1CCCC1. The van der Waals surface area contributed by atoms with Gasteiger partial charge in [-0.3, -0.25) is 4.72 Å². The van der Waals surface area contributed by atoms with Gasteiger partial charge in [0.15, 0.2) is 0 Å². The summed E-state index contributed by atoms with van der Waals surface area (Å²) in [4.78, 5) is 0. The Labute approximate surface area is 121 Å². The summed E-state index contributed by atoms with van der Waals surface area (Å²) in [5, 5.41) is 3.23. The molecule has 2 N–H and O–H groups in total. The van der Waals surface area contributed by atoms with Gasteiger partial charge in [0, 0.05) is 18.3 Å². The van der Waals surface area contributed by atoms with Crippen molar-refractivity contribution < 1.29 is 8.42 Å². The van der Waals surface area contributed by atoms with Gasteiger partial charge in [-0.15, -0.1) is 0 Å². The standard InChI is InChI=1S/C15H22N2O2S/c18-20(19,15-6-1-2-7-15)17-14-5-3-4-12(10-14)11-16-13-8-9-13/h3-5,10,13,15-17H,1-2,6-9,11H2. The van der Waals surface area contributed by atoms with Crippen molar-refractivity contribution in [1.82, 2.24) is 5.32 Å². The van der Waals surface area contributed by atoms with Crippen LogP contribution in [-0.2, 0) is 16.6 Å². The van der Waals surface area contributed by atoms with Crippen LogP contribution in [0.1, 0.15) is 44.1 Å². The van der Waals surface area contributed by atoms with Gasteiger partial charge in [-0.1, -0.05) is 25.0 Å². The summed E-state index contributed by atoms with van der Waals surface area (Å²) in [6.07, 6.45) is 6.15. The largest absolute Gasteiger partial charge is 0.310 e. The molecule has 0 amide bonds. The summed E-state index contributed by atoms with van der Waals surface area (Å²) in [5.41, 5.74) is 1.82. The van der Waals surface area contributed by atoms with Gasteiger partial charge in [-0.2, -0.15) is 0 Å². The Morgan fingerprint density at radius 1 is 1.10 bits per heavy atom. The van der Waals surface area contributed by atoms with Crippen molar-refractivity contribution in [3.05, 3.63) is 29.8 Å². The van der Waals surface area contributed by atoms with Crippen LogP contribution in [0.15, 0.2) is 24.3 Å². The minimum Gasteiger partial charge on any atom is -0.310 e. The quantitative estimate of drug-likeness (QED) is 0.848. The molecule has 0 saturated heterocycles. The van der Waals surface area contributed by atoms with Crippen LogP contribution in [0.2, 0.25) is 0 Å². The normalized spacial score (nSPS) is 20.2. The Hall–Kier alpha value is -1.07. The van der Waals surface area contributed by atoms with E-state index in [4.69, 9.17) is 0 Å². The third-order valence-electron chi connectivity index (χ3n) is 4.10. The van der Waals surface area contributed by atoms with Gasteiger partial charge in [0.1, 0.15) is 0 Å². The van der Waals surface area contributed by atoms with E-state index in [1.165, 1.54) is 12.8 Å². The summed E-state index contributed by atoms with van der Waals surface area (Å²) < 4.78 is 27.3. The molecule has 0 unspecified atom stereocenters. The molecule has 5 heteroatoms. The van der Waals surface area contributed by atoms with Gasteiger partial charge in [-0.25, -0.2) is 8.42 Å². The number of hydrogen-bond acceptors (Lipinski definition) is 3. The second-order valence-corrected chi connectivity index (χ2v) is 7.87. The maximum absolute atomic E-state index is 12.3. The lowest BCUT2D eigenvalue weighted by molar-refractivity contribution is 0.585. The van der Waals surface area contributed by atoms with Crippen molar-refractivity contribution in [1.29, 1.82) is 0 Å². The maximum Gasteiger partial charge on any atom is 0.235 e. The Morgan fingerprint density at radius 2 is 1.85 bits per heavy atom. The lowest BCUT2D eigenvalue weighted by Crippen LogP contribution is -2.25. The van der Waals surface area contributed by atoms with Crippen molar-refractivity contribution in [2.75, 3.05) is 4.72 Å². The first-order valence-corrected chi connectivity index (χ1v) is 9.02. The van der Waals surface area contributed by atoms with Crippen LogP contribution in [0, 0.1) is 0 Å². The van der Waals surface area contributed by atoms with Gasteiger partial charge in [0.2, 0.25) is 10.0 Å². The van der Waals surface area contributed by atoms with Gasteiger partial charge in [0.05, 0.1) is 5.25 Å². The third kappa shape index (κ3) is 3.52. The van der Waals surface area contributed by atoms with Crippen LogP contribution in [0.3, 0.4) is 0 Å². The molecule has 2 saturated carbocycles. The number of rotatable bonds is 6. The summed E-state index contributed by atoms with van der Waals surface area (Å²) in [7, 11) is -3.22. The molecule has 0 heterocycles. The van der Waals surface area contributed by atoms with Crippen LogP contribution in [-0.4, -0.2) is 19.7 Å². The first kappa shape index (κ1) is 13.9. The molecular weight excluding hydrogens is 272 g/mol. The Bertz CT molecular complexity index is 561. The van der Waals surface area contributed by atoms with Crippen LogP contribution in [0.5, 0.6) is 0 Å². The molecule has 1 aromatic carbocycles. The van der Waals surface area contributed by atoms with E-state index in [2.05, 4.69) is 10.0 Å². The number of nitrogens with one attached hydrogen (secondary N) is 2. The molecule has 110 valence electrons. The Morgan fingerprint density at radius 3 is 2.55 bits per heavy atom. The highest BCUT2D eigenvalue weighted by Crippen LogP contribution is 2.26. The highest BCUT2D eigenvalue weighted by atomic mass is 32.2. The van der Waals surface area contributed by atoms with Crippen LogP contribution in [0.4, 0.5) is 5.69 Å². The first-order valence-electron chi connectivity index (χ1n) is 7.47. The van der Waals surface area contributed by atoms with Crippen LogP contribution >= 0.6 is 0 Å². The van der Waals surface area contributed by atoms with Gasteiger partial charge in [-0.05, 0) is 43.4 Å². The molecule has 4 nitrogen and oxygen atoms in total. The average molecular weight is 294 g/mol. The molecule has 2 aliphatic carbocycles. The van der Waals surface area contributed by atoms with Crippen molar-refractivity contribution in [3.8, 4) is 0 Å². The molecule has 2 aliphatic rings. The zero-order chi connectivity index (χ0) is 14.0. The van der Waals surface area contributed by atoms with Gasteiger partial charge in [0.25, 0.3) is 0 Å². The Balaban J connectivity index is 1.65. The molecule has 0 spiro atoms. The second-order valence-electron chi connectivity index (χ2n) is 5.91. The van der Waals surface area contributed by atoms with E-state index >= 15 is 0 Å². The minimum atomic E-state index is -3.22. The molecule has 0 aliphatic heterocycles. The fourth-order valence-electron chi connectivity index (χ4n) is 2.74. The second kappa shape index (κ2) is 5.74. The molecule has 3 rings (SSSR count). The number of benzene rings is 1. The smallest absolute Gasteiger partial charge is 0.235 e. The fourth-order valence-corrected chi connectivity index (χ4v) is 4.32. The highest BCUT2D eigenvalue weighted by molar-refractivity contribution is 7.93. The number of hydrogen-bond donors (Lipinski definition) is 2. The van der Waals surface area contributed by atoms with E-state index in [0.29, 0.717) is 11.7 Å². The summed E-state index contributed by atoms with van der Waals surface area (Å²) >= 11 is 0. The van der Waals surface area contributed by atoms with E-state index in [1.54, 1.807) is 0 Å². The minimum absolute atomic E-state index is 0.212. The topological polar surface area (TPSA) is 58.2 Å². The third-order valence-corrected chi connectivity index (χ3v) is 5.97.